The van der Waals surface area contributed by atoms with E-state index >= 15 is 0 Å². The lowest BCUT2D eigenvalue weighted by Gasteiger charge is -2.31. The number of carbonyl (C=O) groups excluding carboxylic acids is 3. The zero-order valence-corrected chi connectivity index (χ0v) is 15.1. The van der Waals surface area contributed by atoms with Gasteiger partial charge in [-0.25, -0.2) is 0 Å². The van der Waals surface area contributed by atoms with E-state index in [0.717, 1.165) is 4.90 Å². The van der Waals surface area contributed by atoms with Crippen LogP contribution >= 0.6 is 0 Å². The first-order valence-electron chi connectivity index (χ1n) is 8.49. The third kappa shape index (κ3) is 3.50. The van der Waals surface area contributed by atoms with E-state index in [-0.39, 0.29) is 17.7 Å². The molecule has 1 aliphatic rings. The topological polar surface area (TPSA) is 57.7 Å². The van der Waals surface area contributed by atoms with E-state index in [1.165, 1.54) is 0 Å². The van der Waals surface area contributed by atoms with Gasteiger partial charge in [0.05, 0.1) is 11.1 Å². The van der Waals surface area contributed by atoms with E-state index in [4.69, 9.17) is 0 Å². The summed E-state index contributed by atoms with van der Waals surface area (Å²) >= 11 is 0. The highest BCUT2D eigenvalue weighted by molar-refractivity contribution is 6.22. The Kier molecular flexibility index (Phi) is 5.42. The lowest BCUT2D eigenvalue weighted by atomic mass is 10.1. The Balaban J connectivity index is 2.24. The van der Waals surface area contributed by atoms with Crippen molar-refractivity contribution in [2.24, 2.45) is 11.8 Å². The molecule has 0 aliphatic carbocycles. The summed E-state index contributed by atoms with van der Waals surface area (Å²) in [7, 11) is 0. The van der Waals surface area contributed by atoms with Gasteiger partial charge in [-0.05, 0) is 30.9 Å². The van der Waals surface area contributed by atoms with Crippen LogP contribution in [0.25, 0.3) is 0 Å². The van der Waals surface area contributed by atoms with Gasteiger partial charge in [-0.1, -0.05) is 39.8 Å². The van der Waals surface area contributed by atoms with Crippen LogP contribution in [0, 0.1) is 11.8 Å². The van der Waals surface area contributed by atoms with Gasteiger partial charge in [-0.3, -0.25) is 19.3 Å². The molecule has 5 nitrogen and oxygen atoms in total. The molecule has 1 aromatic carbocycles. The quantitative estimate of drug-likeness (QED) is 0.754. The zero-order valence-electron chi connectivity index (χ0n) is 15.1. The van der Waals surface area contributed by atoms with E-state index in [1.54, 1.807) is 36.1 Å². The molecule has 1 atom stereocenters. The Morgan fingerprint density at radius 3 is 1.71 bits per heavy atom. The van der Waals surface area contributed by atoms with Gasteiger partial charge < -0.3 is 4.90 Å². The van der Waals surface area contributed by atoms with Crippen LogP contribution in [0.3, 0.4) is 0 Å². The molecule has 3 amide bonds. The van der Waals surface area contributed by atoms with Gasteiger partial charge in [0.1, 0.15) is 6.04 Å². The van der Waals surface area contributed by atoms with E-state index in [1.807, 2.05) is 27.7 Å². The predicted octanol–water partition coefficient (Wildman–Crippen LogP) is 2.81. The second-order valence-corrected chi connectivity index (χ2v) is 7.23. The number of carbonyl (C=O) groups is 3. The van der Waals surface area contributed by atoms with Crippen molar-refractivity contribution in [1.82, 2.24) is 9.80 Å². The van der Waals surface area contributed by atoms with Crippen LogP contribution in [0.2, 0.25) is 0 Å². The number of nitrogens with zero attached hydrogens (tertiary/aromatic N) is 2. The molecule has 24 heavy (non-hydrogen) atoms. The van der Waals surface area contributed by atoms with Crippen molar-refractivity contribution in [2.75, 3.05) is 13.1 Å². The molecule has 1 heterocycles. The van der Waals surface area contributed by atoms with Gasteiger partial charge in [0.2, 0.25) is 5.91 Å². The van der Waals surface area contributed by atoms with Crippen molar-refractivity contribution < 1.29 is 14.4 Å². The third-order valence-electron chi connectivity index (χ3n) is 4.05. The molecule has 0 bridgehead atoms. The Morgan fingerprint density at radius 2 is 1.33 bits per heavy atom. The van der Waals surface area contributed by atoms with Crippen LogP contribution in [0.4, 0.5) is 0 Å². The molecule has 5 heteroatoms. The lowest BCUT2D eigenvalue weighted by molar-refractivity contribution is -0.136. The molecule has 1 aliphatic heterocycles. The van der Waals surface area contributed by atoms with Crippen molar-refractivity contribution in [3.05, 3.63) is 35.4 Å². The molecular formula is C19H26N2O3. The first kappa shape index (κ1) is 18.2. The molecule has 0 N–H and O–H groups in total. The summed E-state index contributed by atoms with van der Waals surface area (Å²) in [4.78, 5) is 40.9. The fourth-order valence-electron chi connectivity index (χ4n) is 3.07. The molecule has 0 spiro atoms. The Labute approximate surface area is 143 Å². The number of hydrogen-bond acceptors (Lipinski definition) is 3. The normalized spacial score (nSPS) is 15.2. The first-order chi connectivity index (χ1) is 11.2. The number of hydrogen-bond donors (Lipinski definition) is 0. The summed E-state index contributed by atoms with van der Waals surface area (Å²) in [6.07, 6.45) is 0. The first-order valence-corrected chi connectivity index (χ1v) is 8.49. The van der Waals surface area contributed by atoms with E-state index in [2.05, 4.69) is 0 Å². The maximum atomic E-state index is 12.9. The molecular weight excluding hydrogens is 304 g/mol. The molecule has 1 unspecified atom stereocenters. The number of fused-ring (bicyclic) bond motifs is 1. The second-order valence-electron chi connectivity index (χ2n) is 7.23. The van der Waals surface area contributed by atoms with E-state index in [9.17, 15) is 14.4 Å². The largest absolute Gasteiger partial charge is 0.340 e. The average molecular weight is 330 g/mol. The van der Waals surface area contributed by atoms with Crippen LogP contribution < -0.4 is 0 Å². The smallest absolute Gasteiger partial charge is 0.262 e. The Bertz CT molecular complexity index is 607. The fraction of sp³-hybridized carbons (Fsp3) is 0.526. The summed E-state index contributed by atoms with van der Waals surface area (Å²) in [6, 6.07) is 5.92. The Hall–Kier alpha value is -2.17. The summed E-state index contributed by atoms with van der Waals surface area (Å²) < 4.78 is 0. The van der Waals surface area contributed by atoms with Crippen LogP contribution in [0.15, 0.2) is 24.3 Å². The van der Waals surface area contributed by atoms with E-state index < -0.39 is 6.04 Å². The summed E-state index contributed by atoms with van der Waals surface area (Å²) in [5.41, 5.74) is 0.753. The molecule has 2 rings (SSSR count). The molecule has 0 aromatic heterocycles. The highest BCUT2D eigenvalue weighted by Crippen LogP contribution is 2.25. The van der Waals surface area contributed by atoms with E-state index in [0.29, 0.717) is 36.1 Å². The standard InChI is InChI=1S/C19H26N2O3/c1-12(2)10-20(11-13(3)4)17(22)14(5)21-18(23)15-8-6-7-9-16(15)19(21)24/h6-9,12-14H,10-11H2,1-5H3. The summed E-state index contributed by atoms with van der Waals surface area (Å²) in [6.45, 7) is 11.1. The van der Waals surface area contributed by atoms with Crippen LogP contribution in [0.1, 0.15) is 55.3 Å². The minimum absolute atomic E-state index is 0.174. The van der Waals surface area contributed by atoms with Crippen molar-refractivity contribution in [1.29, 1.82) is 0 Å². The van der Waals surface area contributed by atoms with Gasteiger partial charge in [-0.2, -0.15) is 0 Å². The summed E-state index contributed by atoms with van der Waals surface area (Å²) in [5, 5.41) is 0. The fourth-order valence-corrected chi connectivity index (χ4v) is 3.07. The highest BCUT2D eigenvalue weighted by Gasteiger charge is 2.41. The van der Waals surface area contributed by atoms with Gasteiger partial charge in [0.25, 0.3) is 11.8 Å². The van der Waals surface area contributed by atoms with Gasteiger partial charge in [-0.15, -0.1) is 0 Å². The maximum Gasteiger partial charge on any atom is 0.262 e. The van der Waals surface area contributed by atoms with Gasteiger partial charge >= 0.3 is 0 Å². The number of rotatable bonds is 6. The zero-order chi connectivity index (χ0) is 18.0. The van der Waals surface area contributed by atoms with Gasteiger partial charge in [0.15, 0.2) is 0 Å². The van der Waals surface area contributed by atoms with Crippen molar-refractivity contribution in [2.45, 2.75) is 40.7 Å². The number of imide groups is 1. The number of benzene rings is 1. The highest BCUT2D eigenvalue weighted by atomic mass is 16.2. The maximum absolute atomic E-state index is 12.9. The Morgan fingerprint density at radius 1 is 0.917 bits per heavy atom. The van der Waals surface area contributed by atoms with Crippen molar-refractivity contribution in [3.8, 4) is 0 Å². The molecule has 0 radical (unpaired) electrons. The molecule has 0 saturated heterocycles. The minimum atomic E-state index is -0.796. The molecule has 0 fully saturated rings. The lowest BCUT2D eigenvalue weighted by Crippen LogP contribution is -2.51. The van der Waals surface area contributed by atoms with Crippen LogP contribution in [-0.4, -0.2) is 46.7 Å². The molecule has 130 valence electrons. The molecule has 1 aromatic rings. The monoisotopic (exact) mass is 330 g/mol. The molecule has 0 saturated carbocycles. The number of amides is 3. The van der Waals surface area contributed by atoms with Crippen LogP contribution in [-0.2, 0) is 4.79 Å². The van der Waals surface area contributed by atoms with Crippen molar-refractivity contribution in [3.63, 3.8) is 0 Å². The second kappa shape index (κ2) is 7.16. The SMILES string of the molecule is CC(C)CN(CC(C)C)C(=O)C(C)N1C(=O)c2ccccc2C1=O. The van der Waals surface area contributed by atoms with Crippen molar-refractivity contribution >= 4 is 17.7 Å². The third-order valence-corrected chi connectivity index (χ3v) is 4.05. The minimum Gasteiger partial charge on any atom is -0.340 e. The summed E-state index contributed by atoms with van der Waals surface area (Å²) in [5.74, 6) is -0.299. The van der Waals surface area contributed by atoms with Gasteiger partial charge in [0, 0.05) is 13.1 Å². The van der Waals surface area contributed by atoms with Crippen LogP contribution in [0.5, 0.6) is 0 Å². The predicted molar refractivity (Wildman–Crippen MR) is 92.7 cm³/mol. The average Bonchev–Trinajstić information content (AvgIpc) is 2.76.